The molecule has 1 nitrogen and oxygen atoms in total. The molecule has 2 aliphatic rings. The summed E-state index contributed by atoms with van der Waals surface area (Å²) in [5.74, 6) is 2.14. The van der Waals surface area contributed by atoms with Gasteiger partial charge in [-0.3, -0.25) is 0 Å². The van der Waals surface area contributed by atoms with Gasteiger partial charge in [-0.05, 0) is 80.2 Å². The molecule has 1 aliphatic carbocycles. The van der Waals surface area contributed by atoms with E-state index in [1.165, 1.54) is 64.8 Å². The average Bonchev–Trinajstić information content (AvgIpc) is 3.18. The molecule has 0 saturated heterocycles. The molecule has 25 heavy (non-hydrogen) atoms. The van der Waals surface area contributed by atoms with Crippen molar-refractivity contribution in [3.8, 4) is 5.75 Å². The van der Waals surface area contributed by atoms with Crippen molar-refractivity contribution in [3.05, 3.63) is 63.7 Å². The Kier molecular flexibility index (Phi) is 3.94. The van der Waals surface area contributed by atoms with Crippen molar-refractivity contribution in [2.45, 2.75) is 77.7 Å². The summed E-state index contributed by atoms with van der Waals surface area (Å²) in [7, 11) is 0. The number of ether oxygens (including phenoxy) is 1. The van der Waals surface area contributed by atoms with Gasteiger partial charge >= 0.3 is 0 Å². The predicted molar refractivity (Wildman–Crippen MR) is 105 cm³/mol. The topological polar surface area (TPSA) is 9.23 Å². The Morgan fingerprint density at radius 3 is 2.20 bits per heavy atom. The Morgan fingerprint density at radius 2 is 1.60 bits per heavy atom. The summed E-state index contributed by atoms with van der Waals surface area (Å²) in [5, 5.41) is 0. The zero-order valence-corrected chi connectivity index (χ0v) is 16.3. The van der Waals surface area contributed by atoms with Crippen molar-refractivity contribution >= 4 is 0 Å². The lowest BCUT2D eigenvalue weighted by molar-refractivity contribution is 0.0864. The third-order valence-corrected chi connectivity index (χ3v) is 6.54. The van der Waals surface area contributed by atoms with Crippen LogP contribution in [0.3, 0.4) is 0 Å². The molecule has 0 bridgehead atoms. The maximum Gasteiger partial charge on any atom is 0.127 e. The molecular weight excluding hydrogens is 304 g/mol. The second-order valence-electron chi connectivity index (χ2n) is 8.51. The molecule has 2 aromatic rings. The molecule has 1 unspecified atom stereocenters. The smallest absolute Gasteiger partial charge is 0.127 e. The van der Waals surface area contributed by atoms with Crippen LogP contribution in [-0.2, 0) is 0 Å². The van der Waals surface area contributed by atoms with E-state index < -0.39 is 0 Å². The van der Waals surface area contributed by atoms with Gasteiger partial charge in [-0.25, -0.2) is 0 Å². The van der Waals surface area contributed by atoms with E-state index in [-0.39, 0.29) is 5.60 Å². The predicted octanol–water partition coefficient (Wildman–Crippen LogP) is 6.57. The Bertz CT molecular complexity index is 792. The van der Waals surface area contributed by atoms with Gasteiger partial charge in [0.25, 0.3) is 0 Å². The van der Waals surface area contributed by atoms with Crippen LogP contribution in [0, 0.1) is 20.8 Å². The van der Waals surface area contributed by atoms with E-state index in [9.17, 15) is 0 Å². The number of benzene rings is 2. The Balaban J connectivity index is 1.88. The van der Waals surface area contributed by atoms with Crippen LogP contribution in [0.2, 0.25) is 0 Å². The minimum atomic E-state index is -0.0228. The summed E-state index contributed by atoms with van der Waals surface area (Å²) in [6, 6.07) is 11.7. The first-order chi connectivity index (χ1) is 11.9. The zero-order chi connectivity index (χ0) is 17.8. The standard InChI is InChI=1S/C24H30O/c1-15(2)19-8-10-20(11-9-19)22-21-17(4)14-16(3)18(5)23(21)25-24(22)12-6-7-13-24/h8-11,14-15,22H,6-7,12-13H2,1-5H3. The van der Waals surface area contributed by atoms with Crippen LogP contribution in [0.5, 0.6) is 5.75 Å². The van der Waals surface area contributed by atoms with Crippen LogP contribution < -0.4 is 4.74 Å². The molecule has 0 aromatic heterocycles. The maximum absolute atomic E-state index is 6.79. The summed E-state index contributed by atoms with van der Waals surface area (Å²) in [4.78, 5) is 0. The van der Waals surface area contributed by atoms with Gasteiger partial charge in [0.2, 0.25) is 0 Å². The van der Waals surface area contributed by atoms with Crippen LogP contribution in [0.25, 0.3) is 0 Å². The van der Waals surface area contributed by atoms with E-state index in [4.69, 9.17) is 4.74 Å². The molecule has 1 fully saturated rings. The maximum atomic E-state index is 6.79. The molecule has 1 atom stereocenters. The van der Waals surface area contributed by atoms with Crippen LogP contribution >= 0.6 is 0 Å². The van der Waals surface area contributed by atoms with E-state index in [1.54, 1.807) is 0 Å². The minimum Gasteiger partial charge on any atom is -0.486 e. The van der Waals surface area contributed by atoms with E-state index in [0.29, 0.717) is 11.8 Å². The second kappa shape index (κ2) is 5.90. The van der Waals surface area contributed by atoms with E-state index >= 15 is 0 Å². The van der Waals surface area contributed by atoms with E-state index in [0.717, 1.165) is 0 Å². The van der Waals surface area contributed by atoms with Crippen molar-refractivity contribution in [1.29, 1.82) is 0 Å². The fourth-order valence-corrected chi connectivity index (χ4v) is 4.99. The van der Waals surface area contributed by atoms with Crippen LogP contribution in [0.4, 0.5) is 0 Å². The molecule has 1 aliphatic heterocycles. The van der Waals surface area contributed by atoms with Gasteiger partial charge in [-0.1, -0.05) is 44.2 Å². The van der Waals surface area contributed by atoms with Crippen molar-refractivity contribution in [2.24, 2.45) is 0 Å². The highest BCUT2D eigenvalue weighted by atomic mass is 16.5. The van der Waals surface area contributed by atoms with Crippen molar-refractivity contribution in [3.63, 3.8) is 0 Å². The van der Waals surface area contributed by atoms with Crippen LogP contribution in [0.15, 0.2) is 30.3 Å². The van der Waals surface area contributed by atoms with E-state index in [1.807, 2.05) is 0 Å². The molecular formula is C24H30O. The number of fused-ring (bicyclic) bond motifs is 1. The van der Waals surface area contributed by atoms with Gasteiger partial charge in [0.15, 0.2) is 0 Å². The molecule has 0 radical (unpaired) electrons. The quantitative estimate of drug-likeness (QED) is 0.603. The highest BCUT2D eigenvalue weighted by Gasteiger charge is 2.51. The molecule has 132 valence electrons. The largest absolute Gasteiger partial charge is 0.486 e. The first kappa shape index (κ1) is 16.7. The summed E-state index contributed by atoms with van der Waals surface area (Å²) < 4.78 is 6.79. The first-order valence-corrected chi connectivity index (χ1v) is 9.82. The minimum absolute atomic E-state index is 0.0228. The average molecular weight is 335 g/mol. The first-order valence-electron chi connectivity index (χ1n) is 9.82. The number of aryl methyl sites for hydroxylation is 2. The number of hydrogen-bond acceptors (Lipinski definition) is 1. The molecule has 1 spiro atoms. The van der Waals surface area contributed by atoms with Crippen LogP contribution in [0.1, 0.15) is 84.7 Å². The fraction of sp³-hybridized carbons (Fsp3) is 0.500. The zero-order valence-electron chi connectivity index (χ0n) is 16.3. The molecule has 1 saturated carbocycles. The monoisotopic (exact) mass is 334 g/mol. The normalized spacial score (nSPS) is 21.0. The van der Waals surface area contributed by atoms with Gasteiger partial charge in [0.1, 0.15) is 11.4 Å². The fourth-order valence-electron chi connectivity index (χ4n) is 4.99. The van der Waals surface area contributed by atoms with Crippen molar-refractivity contribution in [1.82, 2.24) is 0 Å². The molecule has 2 aromatic carbocycles. The molecule has 1 heteroatoms. The highest BCUT2D eigenvalue weighted by Crippen LogP contribution is 2.57. The summed E-state index contributed by atoms with van der Waals surface area (Å²) in [6.45, 7) is 11.2. The van der Waals surface area contributed by atoms with Gasteiger partial charge in [0.05, 0.1) is 5.92 Å². The number of hydrogen-bond donors (Lipinski definition) is 0. The Labute approximate surface area is 152 Å². The van der Waals surface area contributed by atoms with Gasteiger partial charge in [-0.15, -0.1) is 0 Å². The van der Waals surface area contributed by atoms with Crippen molar-refractivity contribution < 1.29 is 4.74 Å². The summed E-state index contributed by atoms with van der Waals surface area (Å²) in [5.41, 5.74) is 8.33. The number of rotatable bonds is 2. The van der Waals surface area contributed by atoms with Crippen LogP contribution in [-0.4, -0.2) is 5.60 Å². The third-order valence-electron chi connectivity index (χ3n) is 6.54. The Morgan fingerprint density at radius 1 is 0.960 bits per heavy atom. The highest BCUT2D eigenvalue weighted by molar-refractivity contribution is 5.59. The SMILES string of the molecule is Cc1cc(C)c2c(c1C)OC1(CCCC1)C2c1ccc(C(C)C)cc1. The Hall–Kier alpha value is -1.76. The molecule has 0 amide bonds. The third kappa shape index (κ3) is 2.51. The molecule has 0 N–H and O–H groups in total. The second-order valence-corrected chi connectivity index (χ2v) is 8.51. The molecule has 1 heterocycles. The van der Waals surface area contributed by atoms with Crippen molar-refractivity contribution in [2.75, 3.05) is 0 Å². The summed E-state index contributed by atoms with van der Waals surface area (Å²) in [6.07, 6.45) is 4.92. The summed E-state index contributed by atoms with van der Waals surface area (Å²) >= 11 is 0. The van der Waals surface area contributed by atoms with Gasteiger partial charge in [0, 0.05) is 5.56 Å². The lowest BCUT2D eigenvalue weighted by atomic mass is 9.76. The molecule has 4 rings (SSSR count). The lowest BCUT2D eigenvalue weighted by Crippen LogP contribution is -2.35. The lowest BCUT2D eigenvalue weighted by Gasteiger charge is -2.31. The van der Waals surface area contributed by atoms with Gasteiger partial charge < -0.3 is 4.74 Å². The van der Waals surface area contributed by atoms with E-state index in [2.05, 4.69) is 65.0 Å². The van der Waals surface area contributed by atoms with Gasteiger partial charge in [-0.2, -0.15) is 0 Å².